The van der Waals surface area contributed by atoms with Crippen molar-refractivity contribution in [2.45, 2.75) is 39.2 Å². The second kappa shape index (κ2) is 5.42. The summed E-state index contributed by atoms with van der Waals surface area (Å²) in [5, 5.41) is 2.74. The first kappa shape index (κ1) is 13.9. The molecule has 0 atom stereocenters. The van der Waals surface area contributed by atoms with Crippen molar-refractivity contribution in [1.29, 1.82) is 0 Å². The normalized spacial score (nSPS) is 19.2. The van der Waals surface area contributed by atoms with Gasteiger partial charge in [-0.3, -0.25) is 0 Å². The predicted octanol–water partition coefficient (Wildman–Crippen LogP) is 1.94. The lowest BCUT2D eigenvalue weighted by atomic mass is 9.81. The molecular weight excluding hydrogens is 218 g/mol. The molecular formula is C13H21NO3. The zero-order valence-electron chi connectivity index (χ0n) is 10.8. The number of hydrogen-bond donors (Lipinski definition) is 1. The maximum absolute atomic E-state index is 11.5. The number of alkyl carbamates (subject to hydrolysis) is 1. The van der Waals surface area contributed by atoms with Crippen LogP contribution >= 0.6 is 0 Å². The van der Waals surface area contributed by atoms with E-state index in [9.17, 15) is 4.79 Å². The predicted molar refractivity (Wildman–Crippen MR) is 65.6 cm³/mol. The maximum Gasteiger partial charge on any atom is 0.407 e. The summed E-state index contributed by atoms with van der Waals surface area (Å²) in [6.45, 7) is 7.25. The first-order valence-electron chi connectivity index (χ1n) is 5.89. The van der Waals surface area contributed by atoms with E-state index in [0.717, 1.165) is 12.8 Å². The zero-order valence-corrected chi connectivity index (χ0v) is 10.8. The summed E-state index contributed by atoms with van der Waals surface area (Å²) in [6, 6.07) is 0. The summed E-state index contributed by atoms with van der Waals surface area (Å²) in [4.78, 5) is 11.5. The molecule has 4 nitrogen and oxygen atoms in total. The van der Waals surface area contributed by atoms with Gasteiger partial charge in [-0.05, 0) is 33.6 Å². The fraction of sp³-hybridized carbons (Fsp3) is 0.769. The number of rotatable bonds is 2. The third-order valence-electron chi connectivity index (χ3n) is 2.73. The van der Waals surface area contributed by atoms with Crippen LogP contribution in [0.15, 0.2) is 0 Å². The van der Waals surface area contributed by atoms with Gasteiger partial charge in [0.1, 0.15) is 5.60 Å². The summed E-state index contributed by atoms with van der Waals surface area (Å²) in [5.74, 6) is 2.79. The van der Waals surface area contributed by atoms with Crippen LogP contribution in [0.4, 0.5) is 4.79 Å². The molecule has 1 heterocycles. The molecule has 0 saturated carbocycles. The molecule has 1 saturated heterocycles. The van der Waals surface area contributed by atoms with Gasteiger partial charge in [0.2, 0.25) is 0 Å². The van der Waals surface area contributed by atoms with E-state index in [-0.39, 0.29) is 5.41 Å². The van der Waals surface area contributed by atoms with Gasteiger partial charge in [-0.1, -0.05) is 5.92 Å². The van der Waals surface area contributed by atoms with Gasteiger partial charge in [0.25, 0.3) is 0 Å². The third-order valence-corrected chi connectivity index (χ3v) is 2.73. The number of carbonyl (C=O) groups is 1. The van der Waals surface area contributed by atoms with Crippen molar-refractivity contribution in [3.63, 3.8) is 0 Å². The van der Waals surface area contributed by atoms with Crippen LogP contribution in [0.3, 0.4) is 0 Å². The van der Waals surface area contributed by atoms with Crippen LogP contribution < -0.4 is 5.32 Å². The quantitative estimate of drug-likeness (QED) is 0.749. The molecule has 0 aromatic rings. The van der Waals surface area contributed by atoms with Crippen molar-refractivity contribution in [2.75, 3.05) is 19.8 Å². The molecule has 4 heteroatoms. The Bertz CT molecular complexity index is 306. The van der Waals surface area contributed by atoms with Crippen LogP contribution in [0.1, 0.15) is 33.6 Å². The van der Waals surface area contributed by atoms with E-state index in [4.69, 9.17) is 15.9 Å². The highest BCUT2D eigenvalue weighted by Crippen LogP contribution is 2.28. The second-order valence-electron chi connectivity index (χ2n) is 5.39. The Labute approximate surface area is 103 Å². The second-order valence-corrected chi connectivity index (χ2v) is 5.39. The summed E-state index contributed by atoms with van der Waals surface area (Å²) in [6.07, 6.45) is 6.69. The molecule has 0 unspecified atom stereocenters. The lowest BCUT2D eigenvalue weighted by Crippen LogP contribution is -2.42. The fourth-order valence-electron chi connectivity index (χ4n) is 1.69. The maximum atomic E-state index is 11.5. The molecule has 1 rings (SSSR count). The van der Waals surface area contributed by atoms with Gasteiger partial charge < -0.3 is 14.8 Å². The van der Waals surface area contributed by atoms with Gasteiger partial charge >= 0.3 is 6.09 Å². The van der Waals surface area contributed by atoms with E-state index in [1.165, 1.54) is 0 Å². The van der Waals surface area contributed by atoms with Gasteiger partial charge in [-0.25, -0.2) is 4.79 Å². The molecule has 1 fully saturated rings. The van der Waals surface area contributed by atoms with E-state index in [2.05, 4.69) is 11.2 Å². The van der Waals surface area contributed by atoms with Crippen molar-refractivity contribution < 1.29 is 14.3 Å². The van der Waals surface area contributed by atoms with Gasteiger partial charge in [-0.15, -0.1) is 6.42 Å². The van der Waals surface area contributed by atoms with Crippen LogP contribution in [0.5, 0.6) is 0 Å². The van der Waals surface area contributed by atoms with Crippen LogP contribution in [0.25, 0.3) is 0 Å². The molecule has 1 aliphatic rings. The highest BCUT2D eigenvalue weighted by atomic mass is 16.6. The number of nitrogens with one attached hydrogen (secondary N) is 1. The van der Waals surface area contributed by atoms with Gasteiger partial charge in [0.15, 0.2) is 0 Å². The van der Waals surface area contributed by atoms with Crippen molar-refractivity contribution in [1.82, 2.24) is 5.32 Å². The van der Waals surface area contributed by atoms with Crippen molar-refractivity contribution in [2.24, 2.45) is 5.41 Å². The molecule has 0 aliphatic carbocycles. The van der Waals surface area contributed by atoms with E-state index in [1.54, 1.807) is 0 Å². The standard InChI is InChI=1S/C13H21NO3/c1-5-13(6-8-16-9-7-13)10-14-11(15)17-12(2,3)4/h1H,6-10H2,2-4H3,(H,14,15). The molecule has 0 aromatic carbocycles. The fourth-order valence-corrected chi connectivity index (χ4v) is 1.69. The average Bonchev–Trinajstić information content (AvgIpc) is 2.25. The first-order valence-corrected chi connectivity index (χ1v) is 5.89. The largest absolute Gasteiger partial charge is 0.444 e. The van der Waals surface area contributed by atoms with E-state index < -0.39 is 11.7 Å². The topological polar surface area (TPSA) is 47.6 Å². The number of carbonyl (C=O) groups excluding carboxylic acids is 1. The summed E-state index contributed by atoms with van der Waals surface area (Å²) in [7, 11) is 0. The summed E-state index contributed by atoms with van der Waals surface area (Å²) >= 11 is 0. The molecule has 0 bridgehead atoms. The lowest BCUT2D eigenvalue weighted by Gasteiger charge is -2.32. The van der Waals surface area contributed by atoms with E-state index in [0.29, 0.717) is 19.8 Å². The highest BCUT2D eigenvalue weighted by molar-refractivity contribution is 5.67. The molecule has 0 radical (unpaired) electrons. The first-order chi connectivity index (χ1) is 7.87. The van der Waals surface area contributed by atoms with Crippen molar-refractivity contribution >= 4 is 6.09 Å². The molecule has 96 valence electrons. The highest BCUT2D eigenvalue weighted by Gasteiger charge is 2.31. The Morgan fingerprint density at radius 1 is 1.47 bits per heavy atom. The monoisotopic (exact) mass is 239 g/mol. The van der Waals surface area contributed by atoms with Crippen molar-refractivity contribution in [3.05, 3.63) is 0 Å². The zero-order chi connectivity index (χ0) is 12.9. The molecule has 1 N–H and O–H groups in total. The molecule has 17 heavy (non-hydrogen) atoms. The molecule has 1 amide bonds. The minimum absolute atomic E-state index is 0.283. The van der Waals surface area contributed by atoms with Crippen LogP contribution in [0.2, 0.25) is 0 Å². The van der Waals surface area contributed by atoms with Crippen molar-refractivity contribution in [3.8, 4) is 12.3 Å². The average molecular weight is 239 g/mol. The Kier molecular flexibility index (Phi) is 4.41. The van der Waals surface area contributed by atoms with Gasteiger partial charge in [0, 0.05) is 19.8 Å². The minimum atomic E-state index is -0.483. The smallest absolute Gasteiger partial charge is 0.407 e. The van der Waals surface area contributed by atoms with Crippen LogP contribution in [-0.2, 0) is 9.47 Å². The molecule has 0 aromatic heterocycles. The number of hydrogen-bond acceptors (Lipinski definition) is 3. The third kappa shape index (κ3) is 4.66. The van der Waals surface area contributed by atoms with Crippen LogP contribution in [0, 0.1) is 17.8 Å². The summed E-state index contributed by atoms with van der Waals surface area (Å²) in [5.41, 5.74) is -0.766. The lowest BCUT2D eigenvalue weighted by molar-refractivity contribution is 0.0316. The Balaban J connectivity index is 2.43. The SMILES string of the molecule is C#CC1(CNC(=O)OC(C)(C)C)CCOCC1. The molecule has 0 spiro atoms. The van der Waals surface area contributed by atoms with Gasteiger partial charge in [0.05, 0.1) is 5.41 Å². The van der Waals surface area contributed by atoms with E-state index >= 15 is 0 Å². The van der Waals surface area contributed by atoms with E-state index in [1.807, 2.05) is 20.8 Å². The van der Waals surface area contributed by atoms with Gasteiger partial charge in [-0.2, -0.15) is 0 Å². The Morgan fingerprint density at radius 3 is 2.53 bits per heavy atom. The van der Waals surface area contributed by atoms with Crippen LogP contribution in [-0.4, -0.2) is 31.5 Å². The number of ether oxygens (including phenoxy) is 2. The number of amides is 1. The minimum Gasteiger partial charge on any atom is -0.444 e. The Hall–Kier alpha value is -1.21. The molecule has 1 aliphatic heterocycles. The Morgan fingerprint density at radius 2 is 2.06 bits per heavy atom. The number of terminal acetylenes is 1. The summed E-state index contributed by atoms with van der Waals surface area (Å²) < 4.78 is 10.4.